The molecule has 0 aromatic rings. The van der Waals surface area contributed by atoms with Crippen LogP contribution < -0.4 is 5.43 Å². The Bertz CT molecular complexity index is 280. The topological polar surface area (TPSA) is 49.4 Å². The van der Waals surface area contributed by atoms with E-state index in [0.717, 1.165) is 30.1 Å². The third kappa shape index (κ3) is 3.07. The Labute approximate surface area is 104 Å². The van der Waals surface area contributed by atoms with E-state index in [1.54, 1.807) is 11.8 Å². The average Bonchev–Trinajstić information content (AvgIpc) is 2.33. The predicted octanol–water partition coefficient (Wildman–Crippen LogP) is 0.879. The molecule has 1 N–H and O–H groups in total. The van der Waals surface area contributed by atoms with Gasteiger partial charge in [-0.2, -0.15) is 11.8 Å². The molecule has 0 spiro atoms. The van der Waals surface area contributed by atoms with Crippen molar-refractivity contribution >= 4 is 35.3 Å². The molecule has 90 valence electrons. The third-order valence-corrected chi connectivity index (χ3v) is 5.43. The lowest BCUT2D eigenvalue weighted by molar-refractivity contribution is -0.143. The van der Waals surface area contributed by atoms with E-state index < -0.39 is 0 Å². The molecular weight excluding hydrogens is 244 g/mol. The van der Waals surface area contributed by atoms with Gasteiger partial charge < -0.3 is 0 Å². The van der Waals surface area contributed by atoms with Crippen molar-refractivity contribution in [3.05, 3.63) is 0 Å². The molecule has 2 aliphatic heterocycles. The van der Waals surface area contributed by atoms with Crippen LogP contribution in [-0.2, 0) is 9.59 Å². The Morgan fingerprint density at radius 2 is 2.25 bits per heavy atom. The van der Waals surface area contributed by atoms with E-state index in [1.807, 2.05) is 11.8 Å². The number of rotatable bonds is 2. The number of carbonyl (C=O) groups excluding carboxylic acids is 2. The van der Waals surface area contributed by atoms with Crippen molar-refractivity contribution in [3.8, 4) is 0 Å². The Morgan fingerprint density at radius 1 is 1.38 bits per heavy atom. The second-order valence-corrected chi connectivity index (χ2v) is 6.37. The quantitative estimate of drug-likeness (QED) is 0.801. The fraction of sp³-hybridized carbons (Fsp3) is 0.800. The Hall–Kier alpha value is -0.360. The maximum Gasteiger partial charge on any atom is 0.252 e. The fourth-order valence-electron chi connectivity index (χ4n) is 1.77. The van der Waals surface area contributed by atoms with Crippen LogP contribution in [0.15, 0.2) is 0 Å². The summed E-state index contributed by atoms with van der Waals surface area (Å²) < 4.78 is 0. The lowest BCUT2D eigenvalue weighted by Crippen LogP contribution is -2.51. The van der Waals surface area contributed by atoms with Gasteiger partial charge in [-0.25, -0.2) is 0 Å². The molecule has 2 aliphatic rings. The van der Waals surface area contributed by atoms with Crippen molar-refractivity contribution in [2.45, 2.75) is 24.5 Å². The molecule has 0 unspecified atom stereocenters. The number of piperidine rings is 1. The molecule has 2 saturated heterocycles. The number of carbonyl (C=O) groups is 2. The summed E-state index contributed by atoms with van der Waals surface area (Å²) in [6.07, 6.45) is 2.49. The highest BCUT2D eigenvalue weighted by molar-refractivity contribution is 8.07. The molecule has 2 amide bonds. The van der Waals surface area contributed by atoms with Gasteiger partial charge in [0.15, 0.2) is 0 Å². The molecule has 0 radical (unpaired) electrons. The van der Waals surface area contributed by atoms with Crippen molar-refractivity contribution < 1.29 is 9.59 Å². The number of hydrogen-bond acceptors (Lipinski definition) is 4. The lowest BCUT2D eigenvalue weighted by Gasteiger charge is -2.29. The second-order valence-electron chi connectivity index (χ2n) is 3.91. The van der Waals surface area contributed by atoms with Gasteiger partial charge in [-0.15, -0.1) is 11.8 Å². The van der Waals surface area contributed by atoms with Crippen LogP contribution in [0.5, 0.6) is 0 Å². The molecule has 6 heteroatoms. The van der Waals surface area contributed by atoms with E-state index >= 15 is 0 Å². The van der Waals surface area contributed by atoms with Gasteiger partial charge in [-0.05, 0) is 12.8 Å². The van der Waals surface area contributed by atoms with Gasteiger partial charge in [-0.3, -0.25) is 20.0 Å². The summed E-state index contributed by atoms with van der Waals surface area (Å²) in [7, 11) is 0. The first-order chi connectivity index (χ1) is 7.77. The standard InChI is InChI=1S/C10H16N2O2S2/c13-9-3-1-2-4-12(9)11-10(14)8-7-15-5-6-16-8/h8H,1-7H2,(H,11,14)/t8-/m0/s1. The first-order valence-corrected chi connectivity index (χ1v) is 7.78. The van der Waals surface area contributed by atoms with E-state index in [2.05, 4.69) is 5.43 Å². The molecule has 0 aromatic carbocycles. The molecule has 0 saturated carbocycles. The second kappa shape index (κ2) is 5.82. The number of hydrazine groups is 1. The molecule has 16 heavy (non-hydrogen) atoms. The average molecular weight is 260 g/mol. The zero-order chi connectivity index (χ0) is 11.4. The highest BCUT2D eigenvalue weighted by Crippen LogP contribution is 2.24. The van der Waals surface area contributed by atoms with Crippen LogP contribution in [0.1, 0.15) is 19.3 Å². The molecule has 0 bridgehead atoms. The summed E-state index contributed by atoms with van der Waals surface area (Å²) in [4.78, 5) is 23.4. The van der Waals surface area contributed by atoms with E-state index in [1.165, 1.54) is 5.01 Å². The smallest absolute Gasteiger partial charge is 0.252 e. The van der Waals surface area contributed by atoms with Gasteiger partial charge in [0.05, 0.1) is 5.25 Å². The van der Waals surface area contributed by atoms with Crippen molar-refractivity contribution in [1.82, 2.24) is 10.4 Å². The molecule has 1 atom stereocenters. The molecule has 2 heterocycles. The summed E-state index contributed by atoms with van der Waals surface area (Å²) in [6.45, 7) is 0.662. The lowest BCUT2D eigenvalue weighted by atomic mass is 10.1. The van der Waals surface area contributed by atoms with E-state index in [4.69, 9.17) is 0 Å². The van der Waals surface area contributed by atoms with Crippen molar-refractivity contribution in [1.29, 1.82) is 0 Å². The van der Waals surface area contributed by atoms with Crippen molar-refractivity contribution in [3.63, 3.8) is 0 Å². The number of hydrogen-bond donors (Lipinski definition) is 1. The van der Waals surface area contributed by atoms with Crippen LogP contribution in [-0.4, -0.2) is 45.9 Å². The number of thioether (sulfide) groups is 2. The van der Waals surface area contributed by atoms with Crippen LogP contribution in [0.4, 0.5) is 0 Å². The minimum atomic E-state index is -0.00699. The van der Waals surface area contributed by atoms with Gasteiger partial charge in [0.2, 0.25) is 5.91 Å². The van der Waals surface area contributed by atoms with Gasteiger partial charge in [0.25, 0.3) is 5.91 Å². The summed E-state index contributed by atoms with van der Waals surface area (Å²) in [5, 5.41) is 1.50. The summed E-state index contributed by atoms with van der Waals surface area (Å²) in [6, 6.07) is 0. The normalized spacial score (nSPS) is 26.6. The van der Waals surface area contributed by atoms with E-state index in [-0.39, 0.29) is 17.1 Å². The van der Waals surface area contributed by atoms with Crippen LogP contribution in [0.25, 0.3) is 0 Å². The molecule has 4 nitrogen and oxygen atoms in total. The van der Waals surface area contributed by atoms with Crippen molar-refractivity contribution in [2.24, 2.45) is 0 Å². The maximum absolute atomic E-state index is 11.9. The number of nitrogens with one attached hydrogen (secondary N) is 1. The highest BCUT2D eigenvalue weighted by atomic mass is 32.2. The van der Waals surface area contributed by atoms with Gasteiger partial charge >= 0.3 is 0 Å². The Morgan fingerprint density at radius 3 is 2.94 bits per heavy atom. The Kier molecular flexibility index (Phi) is 4.40. The molecular formula is C10H16N2O2S2. The third-order valence-electron chi connectivity index (χ3n) is 2.68. The van der Waals surface area contributed by atoms with Crippen molar-refractivity contribution in [2.75, 3.05) is 23.8 Å². The zero-order valence-corrected chi connectivity index (χ0v) is 10.7. The van der Waals surface area contributed by atoms with Crippen LogP contribution >= 0.6 is 23.5 Å². The zero-order valence-electron chi connectivity index (χ0n) is 9.11. The molecule has 0 aromatic heterocycles. The van der Waals surface area contributed by atoms with Crippen LogP contribution in [0, 0.1) is 0 Å². The number of amides is 2. The minimum Gasteiger partial charge on any atom is -0.273 e. The van der Waals surface area contributed by atoms with Gasteiger partial charge in [-0.1, -0.05) is 0 Å². The highest BCUT2D eigenvalue weighted by Gasteiger charge is 2.26. The molecule has 0 aliphatic carbocycles. The SMILES string of the molecule is O=C(NN1CCCCC1=O)[C@@H]1CSCCS1. The van der Waals surface area contributed by atoms with Crippen LogP contribution in [0.3, 0.4) is 0 Å². The first kappa shape index (κ1) is 12.1. The van der Waals surface area contributed by atoms with Gasteiger partial charge in [0.1, 0.15) is 0 Å². The molecule has 2 fully saturated rings. The monoisotopic (exact) mass is 260 g/mol. The summed E-state index contributed by atoms with van der Waals surface area (Å²) in [5.41, 5.74) is 2.75. The minimum absolute atomic E-state index is 0.00699. The summed E-state index contributed by atoms with van der Waals surface area (Å²) >= 11 is 3.50. The maximum atomic E-state index is 11.9. The largest absolute Gasteiger partial charge is 0.273 e. The predicted molar refractivity (Wildman–Crippen MR) is 67.3 cm³/mol. The van der Waals surface area contributed by atoms with E-state index in [0.29, 0.717) is 13.0 Å². The van der Waals surface area contributed by atoms with Gasteiger partial charge in [0, 0.05) is 30.2 Å². The fourth-order valence-corrected chi connectivity index (χ4v) is 4.32. The summed E-state index contributed by atoms with van der Waals surface area (Å²) in [5.74, 6) is 3.05. The Balaban J connectivity index is 1.83. The first-order valence-electron chi connectivity index (χ1n) is 5.57. The number of nitrogens with zero attached hydrogens (tertiary/aromatic N) is 1. The van der Waals surface area contributed by atoms with Crippen LogP contribution in [0.2, 0.25) is 0 Å². The van der Waals surface area contributed by atoms with E-state index in [9.17, 15) is 9.59 Å². The molecule has 2 rings (SSSR count).